The Morgan fingerprint density at radius 1 is 1.29 bits per heavy atom. The summed E-state index contributed by atoms with van der Waals surface area (Å²) in [5.74, 6) is 0.339. The lowest BCUT2D eigenvalue weighted by atomic mass is 10.2. The van der Waals surface area contributed by atoms with Crippen LogP contribution < -0.4 is 4.90 Å². The molecule has 0 spiro atoms. The van der Waals surface area contributed by atoms with Crippen LogP contribution in [0.1, 0.15) is 18.9 Å². The number of hydrogen-bond acceptors (Lipinski definition) is 2. The Morgan fingerprint density at radius 3 is 2.64 bits per heavy atom. The maximum atomic E-state index is 9.30. The number of aryl methyl sites for hydroxylation is 1. The average molecular weight is 189 g/mol. The van der Waals surface area contributed by atoms with Crippen molar-refractivity contribution < 1.29 is 5.11 Å². The maximum Gasteiger partial charge on any atom is 0.115 e. The van der Waals surface area contributed by atoms with Crippen molar-refractivity contribution in [2.45, 2.75) is 20.3 Å². The van der Waals surface area contributed by atoms with E-state index in [0.29, 0.717) is 5.75 Å². The Bertz CT molecular complexity index is 382. The van der Waals surface area contributed by atoms with Gasteiger partial charge >= 0.3 is 0 Å². The molecule has 0 unspecified atom stereocenters. The molecule has 0 radical (unpaired) electrons. The third-order valence-electron chi connectivity index (χ3n) is 2.61. The lowest BCUT2D eigenvalue weighted by Crippen LogP contribution is -2.13. The normalized spacial score (nSPS) is 15.9. The van der Waals surface area contributed by atoms with Gasteiger partial charge in [0.1, 0.15) is 5.75 Å². The molecule has 2 rings (SSSR count). The van der Waals surface area contributed by atoms with Gasteiger partial charge in [-0.3, -0.25) is 0 Å². The first-order valence-corrected chi connectivity index (χ1v) is 4.90. The number of aromatic hydroxyl groups is 1. The average Bonchev–Trinajstić information content (AvgIpc) is 2.51. The minimum absolute atomic E-state index is 0.339. The predicted molar refractivity (Wildman–Crippen MR) is 58.6 cm³/mol. The highest BCUT2D eigenvalue weighted by Crippen LogP contribution is 2.28. The first-order chi connectivity index (χ1) is 6.66. The van der Waals surface area contributed by atoms with E-state index in [1.54, 1.807) is 12.1 Å². The Labute approximate surface area is 84.5 Å². The molecule has 0 aromatic heterocycles. The molecule has 0 saturated heterocycles. The third kappa shape index (κ3) is 1.60. The van der Waals surface area contributed by atoms with E-state index in [9.17, 15) is 5.11 Å². The molecule has 0 saturated carbocycles. The molecule has 1 aliphatic heterocycles. The van der Waals surface area contributed by atoms with E-state index in [-0.39, 0.29) is 0 Å². The molecule has 1 heterocycles. The van der Waals surface area contributed by atoms with Crippen molar-refractivity contribution in [3.05, 3.63) is 35.5 Å². The SMILES string of the molecule is CC1=CN(c2ccc(O)cc2C)CC1. The third-order valence-corrected chi connectivity index (χ3v) is 2.61. The zero-order chi connectivity index (χ0) is 10.1. The summed E-state index contributed by atoms with van der Waals surface area (Å²) >= 11 is 0. The number of hydrogen-bond donors (Lipinski definition) is 1. The zero-order valence-electron chi connectivity index (χ0n) is 8.62. The highest BCUT2D eigenvalue weighted by molar-refractivity contribution is 5.58. The van der Waals surface area contributed by atoms with Gasteiger partial charge in [0, 0.05) is 18.4 Å². The summed E-state index contributed by atoms with van der Waals surface area (Å²) in [6.45, 7) is 5.23. The van der Waals surface area contributed by atoms with Crippen molar-refractivity contribution in [3.63, 3.8) is 0 Å². The monoisotopic (exact) mass is 189 g/mol. The second-order valence-electron chi connectivity index (χ2n) is 3.89. The van der Waals surface area contributed by atoms with Gasteiger partial charge in [-0.25, -0.2) is 0 Å². The minimum atomic E-state index is 0.339. The quantitative estimate of drug-likeness (QED) is 0.734. The standard InChI is InChI=1S/C12H15NO/c1-9-5-6-13(8-9)12-4-3-11(14)7-10(12)2/h3-4,7-8,14H,5-6H2,1-2H3. The molecule has 1 N–H and O–H groups in total. The van der Waals surface area contributed by atoms with E-state index >= 15 is 0 Å². The topological polar surface area (TPSA) is 23.5 Å². The van der Waals surface area contributed by atoms with E-state index < -0.39 is 0 Å². The second kappa shape index (κ2) is 3.37. The fraction of sp³-hybridized carbons (Fsp3) is 0.333. The largest absolute Gasteiger partial charge is 0.508 e. The highest BCUT2D eigenvalue weighted by Gasteiger charge is 2.12. The molecule has 2 nitrogen and oxygen atoms in total. The maximum absolute atomic E-state index is 9.30. The fourth-order valence-corrected chi connectivity index (χ4v) is 1.84. The Hall–Kier alpha value is -1.44. The predicted octanol–water partition coefficient (Wildman–Crippen LogP) is 2.81. The van der Waals surface area contributed by atoms with Crippen LogP contribution in [0.2, 0.25) is 0 Å². The van der Waals surface area contributed by atoms with Crippen LogP contribution in [0.15, 0.2) is 30.0 Å². The van der Waals surface area contributed by atoms with E-state index in [2.05, 4.69) is 18.0 Å². The minimum Gasteiger partial charge on any atom is -0.508 e. The van der Waals surface area contributed by atoms with E-state index in [4.69, 9.17) is 0 Å². The van der Waals surface area contributed by atoms with Crippen molar-refractivity contribution in [1.29, 1.82) is 0 Å². The van der Waals surface area contributed by atoms with Gasteiger partial charge in [0.15, 0.2) is 0 Å². The number of benzene rings is 1. The Morgan fingerprint density at radius 2 is 2.07 bits per heavy atom. The van der Waals surface area contributed by atoms with Gasteiger partial charge in [-0.2, -0.15) is 0 Å². The van der Waals surface area contributed by atoms with Crippen LogP contribution in [0.5, 0.6) is 5.75 Å². The van der Waals surface area contributed by atoms with E-state index in [1.807, 2.05) is 13.0 Å². The summed E-state index contributed by atoms with van der Waals surface area (Å²) in [7, 11) is 0. The summed E-state index contributed by atoms with van der Waals surface area (Å²) in [6, 6.07) is 5.51. The molecule has 1 aromatic carbocycles. The van der Waals surface area contributed by atoms with Gasteiger partial charge in [0.2, 0.25) is 0 Å². The van der Waals surface area contributed by atoms with Crippen molar-refractivity contribution >= 4 is 5.69 Å². The molecule has 74 valence electrons. The number of phenols is 1. The Balaban J connectivity index is 2.33. The summed E-state index contributed by atoms with van der Waals surface area (Å²) in [5.41, 5.74) is 3.73. The van der Waals surface area contributed by atoms with E-state index in [1.165, 1.54) is 11.3 Å². The first kappa shape index (κ1) is 9.13. The second-order valence-corrected chi connectivity index (χ2v) is 3.89. The molecule has 0 bridgehead atoms. The van der Waals surface area contributed by atoms with Crippen LogP contribution >= 0.6 is 0 Å². The van der Waals surface area contributed by atoms with Crippen LogP contribution in [0.3, 0.4) is 0 Å². The summed E-state index contributed by atoms with van der Waals surface area (Å²) in [6.07, 6.45) is 3.32. The van der Waals surface area contributed by atoms with Crippen LogP contribution in [-0.4, -0.2) is 11.7 Å². The lowest BCUT2D eigenvalue weighted by Gasteiger charge is -2.17. The fourth-order valence-electron chi connectivity index (χ4n) is 1.84. The summed E-state index contributed by atoms with van der Waals surface area (Å²) in [4.78, 5) is 2.24. The van der Waals surface area contributed by atoms with E-state index in [0.717, 1.165) is 18.5 Å². The number of phenolic OH excluding ortho intramolecular Hbond substituents is 1. The molecule has 1 aromatic rings. The number of anilines is 1. The van der Waals surface area contributed by atoms with Crippen molar-refractivity contribution in [2.75, 3.05) is 11.4 Å². The van der Waals surface area contributed by atoms with Crippen LogP contribution in [0, 0.1) is 6.92 Å². The molecular formula is C12H15NO. The molecular weight excluding hydrogens is 174 g/mol. The smallest absolute Gasteiger partial charge is 0.115 e. The molecule has 0 atom stereocenters. The molecule has 14 heavy (non-hydrogen) atoms. The first-order valence-electron chi connectivity index (χ1n) is 4.90. The molecule has 1 aliphatic rings. The van der Waals surface area contributed by atoms with Crippen LogP contribution in [0.25, 0.3) is 0 Å². The zero-order valence-corrected chi connectivity index (χ0v) is 8.62. The van der Waals surface area contributed by atoms with Gasteiger partial charge in [-0.1, -0.05) is 5.57 Å². The van der Waals surface area contributed by atoms with Crippen LogP contribution in [-0.2, 0) is 0 Å². The van der Waals surface area contributed by atoms with Crippen molar-refractivity contribution in [3.8, 4) is 5.75 Å². The number of rotatable bonds is 1. The highest BCUT2D eigenvalue weighted by atomic mass is 16.3. The van der Waals surface area contributed by atoms with Gasteiger partial charge in [-0.15, -0.1) is 0 Å². The summed E-state index contributed by atoms with van der Waals surface area (Å²) in [5, 5.41) is 9.30. The Kier molecular flexibility index (Phi) is 2.20. The van der Waals surface area contributed by atoms with Crippen LogP contribution in [0.4, 0.5) is 5.69 Å². The van der Waals surface area contributed by atoms with Gasteiger partial charge < -0.3 is 10.0 Å². The van der Waals surface area contributed by atoms with Crippen molar-refractivity contribution in [2.24, 2.45) is 0 Å². The molecule has 0 fully saturated rings. The molecule has 0 aliphatic carbocycles. The van der Waals surface area contributed by atoms with Gasteiger partial charge in [-0.05, 0) is 44.0 Å². The van der Waals surface area contributed by atoms with Gasteiger partial charge in [0.25, 0.3) is 0 Å². The molecule has 0 amide bonds. The van der Waals surface area contributed by atoms with Gasteiger partial charge in [0.05, 0.1) is 0 Å². The molecule has 2 heteroatoms. The number of nitrogens with zero attached hydrogens (tertiary/aromatic N) is 1. The summed E-state index contributed by atoms with van der Waals surface area (Å²) < 4.78 is 0. The lowest BCUT2D eigenvalue weighted by molar-refractivity contribution is 0.475. The van der Waals surface area contributed by atoms with Crippen molar-refractivity contribution in [1.82, 2.24) is 0 Å².